The fourth-order valence-corrected chi connectivity index (χ4v) is 4.07. The minimum Gasteiger partial charge on any atom is -0.439 e. The monoisotopic (exact) mass is 469 g/mol. The van der Waals surface area contributed by atoms with Crippen LogP contribution in [0.4, 0.5) is 13.2 Å². The van der Waals surface area contributed by atoms with E-state index in [1.807, 2.05) is 6.92 Å². The number of carbonyl (C=O) groups excluding carboxylic acids is 2. The summed E-state index contributed by atoms with van der Waals surface area (Å²) in [5.74, 6) is -2.11. The second-order valence-electron chi connectivity index (χ2n) is 8.61. The number of halogens is 4. The van der Waals surface area contributed by atoms with Crippen molar-refractivity contribution < 1.29 is 32.2 Å². The van der Waals surface area contributed by atoms with Crippen LogP contribution < -0.4 is 4.74 Å². The molecule has 0 bridgehead atoms. The topological polar surface area (TPSA) is 65.5 Å². The quantitative estimate of drug-likeness (QED) is 0.411. The van der Waals surface area contributed by atoms with Crippen LogP contribution in [-0.4, -0.2) is 27.8 Å². The Morgan fingerprint density at radius 1 is 1.06 bits per heavy atom. The lowest BCUT2D eigenvalue weighted by Crippen LogP contribution is -2.58. The van der Waals surface area contributed by atoms with Crippen molar-refractivity contribution in [2.75, 3.05) is 0 Å². The average molecular weight is 470 g/mol. The minimum atomic E-state index is -4.62. The van der Waals surface area contributed by atoms with E-state index in [1.165, 1.54) is 6.07 Å². The summed E-state index contributed by atoms with van der Waals surface area (Å²) in [5, 5.41) is -0.376. The third-order valence-corrected chi connectivity index (χ3v) is 5.54. The van der Waals surface area contributed by atoms with Crippen molar-refractivity contribution in [3.05, 3.63) is 52.2 Å². The van der Waals surface area contributed by atoms with E-state index < -0.39 is 40.4 Å². The summed E-state index contributed by atoms with van der Waals surface area (Å²) in [4.78, 5) is 30.1. The Kier molecular flexibility index (Phi) is 6.17. The summed E-state index contributed by atoms with van der Waals surface area (Å²) in [6.45, 7) is 8.31. The van der Waals surface area contributed by atoms with Crippen LogP contribution in [0, 0.1) is 0 Å². The Balaban J connectivity index is 2.06. The summed E-state index contributed by atoms with van der Waals surface area (Å²) in [5.41, 5.74) is -2.22. The number of ether oxygens (including phenoxy) is 2. The van der Waals surface area contributed by atoms with Gasteiger partial charge in [-0.3, -0.25) is 9.59 Å². The van der Waals surface area contributed by atoms with Gasteiger partial charge in [0, 0.05) is 6.07 Å². The number of aryl methyl sites for hydroxylation is 1. The number of benzene rings is 1. The van der Waals surface area contributed by atoms with E-state index in [1.54, 1.807) is 39.8 Å². The van der Waals surface area contributed by atoms with Gasteiger partial charge in [-0.05, 0) is 63.4 Å². The van der Waals surface area contributed by atoms with Crippen LogP contribution >= 0.6 is 11.6 Å². The molecule has 1 aliphatic heterocycles. The van der Waals surface area contributed by atoms with Crippen LogP contribution in [0.15, 0.2) is 30.3 Å². The zero-order valence-corrected chi connectivity index (χ0v) is 19.0. The molecule has 1 fully saturated rings. The van der Waals surface area contributed by atoms with Gasteiger partial charge in [0.1, 0.15) is 28.0 Å². The predicted molar refractivity (Wildman–Crippen MR) is 112 cm³/mol. The van der Waals surface area contributed by atoms with E-state index in [-0.39, 0.29) is 16.8 Å². The first-order valence-corrected chi connectivity index (χ1v) is 10.4. The normalized spacial score (nSPS) is 18.7. The maximum atomic E-state index is 13.1. The molecule has 9 heteroatoms. The van der Waals surface area contributed by atoms with Crippen molar-refractivity contribution in [3.8, 4) is 11.6 Å². The van der Waals surface area contributed by atoms with Gasteiger partial charge in [0.25, 0.3) is 0 Å². The van der Waals surface area contributed by atoms with Crippen molar-refractivity contribution >= 4 is 23.2 Å². The van der Waals surface area contributed by atoms with E-state index in [0.29, 0.717) is 18.1 Å². The molecule has 5 nitrogen and oxygen atoms in total. The number of alkyl halides is 3. The Bertz CT molecular complexity index is 1050. The highest BCUT2D eigenvalue weighted by Crippen LogP contribution is 2.41. The van der Waals surface area contributed by atoms with Crippen LogP contribution in [0.25, 0.3) is 0 Å². The molecule has 0 amide bonds. The Morgan fingerprint density at radius 3 is 2.19 bits per heavy atom. The molecule has 0 spiro atoms. The molecule has 0 aliphatic carbocycles. The van der Waals surface area contributed by atoms with E-state index >= 15 is 0 Å². The summed E-state index contributed by atoms with van der Waals surface area (Å²) < 4.78 is 50.6. The first-order valence-electron chi connectivity index (χ1n) is 10.00. The number of hydrogen-bond acceptors (Lipinski definition) is 5. The van der Waals surface area contributed by atoms with Crippen LogP contribution in [0.3, 0.4) is 0 Å². The third-order valence-electron chi connectivity index (χ3n) is 5.35. The molecule has 3 rings (SSSR count). The van der Waals surface area contributed by atoms with Crippen LogP contribution in [0.1, 0.15) is 57.2 Å². The number of Topliss-reactive ketones (excluding diaryl/α,β-unsaturated/α-hetero) is 2. The van der Waals surface area contributed by atoms with Crippen LogP contribution in [0.2, 0.25) is 5.15 Å². The summed E-state index contributed by atoms with van der Waals surface area (Å²) >= 11 is 5.73. The summed E-state index contributed by atoms with van der Waals surface area (Å²) in [6.07, 6.45) is -4.10. The minimum absolute atomic E-state index is 0.128. The molecular formula is C23H23ClF3NO4. The second kappa shape index (κ2) is 8.15. The molecule has 0 radical (unpaired) electrons. The molecule has 1 aromatic carbocycles. The van der Waals surface area contributed by atoms with Gasteiger partial charge in [-0.2, -0.15) is 13.2 Å². The lowest BCUT2D eigenvalue weighted by atomic mass is 9.73. The van der Waals surface area contributed by atoms with Crippen LogP contribution in [0.5, 0.6) is 11.6 Å². The smallest absolute Gasteiger partial charge is 0.416 e. The number of aromatic nitrogens is 1. The average Bonchev–Trinajstić information content (AvgIpc) is 2.65. The highest BCUT2D eigenvalue weighted by molar-refractivity contribution is 6.29. The zero-order chi connectivity index (χ0) is 24.1. The van der Waals surface area contributed by atoms with E-state index in [0.717, 1.165) is 11.6 Å². The van der Waals surface area contributed by atoms with Gasteiger partial charge in [0.15, 0.2) is 11.6 Å². The molecule has 1 aromatic heterocycles. The molecule has 172 valence electrons. The van der Waals surface area contributed by atoms with Gasteiger partial charge in [-0.25, -0.2) is 4.98 Å². The van der Waals surface area contributed by atoms with E-state index in [4.69, 9.17) is 21.1 Å². The summed E-state index contributed by atoms with van der Waals surface area (Å²) in [7, 11) is 0. The number of ketones is 2. The number of pyridine rings is 1. The molecule has 0 unspecified atom stereocenters. The Hall–Kier alpha value is -2.45. The number of hydrogen-bond donors (Lipinski definition) is 0. The van der Waals surface area contributed by atoms with Gasteiger partial charge < -0.3 is 9.47 Å². The molecular weight excluding hydrogens is 447 g/mol. The Labute approximate surface area is 188 Å². The van der Waals surface area contributed by atoms with Crippen molar-refractivity contribution in [1.82, 2.24) is 4.98 Å². The van der Waals surface area contributed by atoms with E-state index in [2.05, 4.69) is 4.98 Å². The molecule has 0 N–H and O–H groups in total. The molecule has 1 saturated heterocycles. The summed E-state index contributed by atoms with van der Waals surface area (Å²) in [6, 6.07) is 6.14. The van der Waals surface area contributed by atoms with Gasteiger partial charge in [-0.1, -0.05) is 24.6 Å². The van der Waals surface area contributed by atoms with Gasteiger partial charge in [-0.15, -0.1) is 0 Å². The maximum Gasteiger partial charge on any atom is 0.416 e. The second-order valence-corrected chi connectivity index (χ2v) is 9.00. The molecule has 2 aromatic rings. The number of rotatable bonds is 4. The van der Waals surface area contributed by atoms with Gasteiger partial charge in [0.2, 0.25) is 5.88 Å². The molecule has 32 heavy (non-hydrogen) atoms. The zero-order valence-electron chi connectivity index (χ0n) is 18.3. The van der Waals surface area contributed by atoms with Gasteiger partial charge in [0.05, 0.1) is 5.56 Å². The molecule has 0 atom stereocenters. The Morgan fingerprint density at radius 2 is 1.66 bits per heavy atom. The fourth-order valence-electron chi connectivity index (χ4n) is 3.87. The molecule has 0 saturated carbocycles. The fraction of sp³-hybridized carbons (Fsp3) is 0.435. The highest BCUT2D eigenvalue weighted by Gasteiger charge is 2.53. The SMILES string of the molecule is CCc1ccc(Oc2cc(C(F)(F)F)cc(Cl)n2)cc1C1C(=O)C(C)(C)OC(C)(C)C1=O. The van der Waals surface area contributed by atoms with Crippen molar-refractivity contribution in [3.63, 3.8) is 0 Å². The number of carbonyl (C=O) groups is 2. The first-order chi connectivity index (χ1) is 14.7. The van der Waals surface area contributed by atoms with Crippen molar-refractivity contribution in [2.24, 2.45) is 0 Å². The van der Waals surface area contributed by atoms with Crippen molar-refractivity contribution in [2.45, 2.75) is 64.3 Å². The standard InChI is InChI=1S/C23H23ClF3NO4/c1-6-12-7-8-14(31-17-10-13(23(25,26)27)9-16(24)28-17)11-15(12)18-19(29)21(2,3)32-22(4,5)20(18)30/h7-11,18H,6H2,1-5H3. The third kappa shape index (κ3) is 4.66. The maximum absolute atomic E-state index is 13.1. The van der Waals surface area contributed by atoms with Crippen LogP contribution in [-0.2, 0) is 26.9 Å². The highest BCUT2D eigenvalue weighted by atomic mass is 35.5. The van der Waals surface area contributed by atoms with E-state index in [9.17, 15) is 22.8 Å². The first kappa shape index (κ1) is 24.2. The molecule has 1 aliphatic rings. The number of nitrogens with zero attached hydrogens (tertiary/aromatic N) is 1. The largest absolute Gasteiger partial charge is 0.439 e. The lowest BCUT2D eigenvalue weighted by Gasteiger charge is -2.43. The van der Waals surface area contributed by atoms with Gasteiger partial charge >= 0.3 is 6.18 Å². The van der Waals surface area contributed by atoms with Crippen molar-refractivity contribution in [1.29, 1.82) is 0 Å². The lowest BCUT2D eigenvalue weighted by molar-refractivity contribution is -0.184. The predicted octanol–water partition coefficient (Wildman–Crippen LogP) is 5.92. The molecule has 2 heterocycles.